The van der Waals surface area contributed by atoms with Crippen molar-refractivity contribution in [3.05, 3.63) is 11.8 Å². The molecule has 1 amide bonds. The van der Waals surface area contributed by atoms with E-state index in [0.29, 0.717) is 37.7 Å². The van der Waals surface area contributed by atoms with E-state index in [1.165, 1.54) is 0 Å². The van der Waals surface area contributed by atoms with Crippen molar-refractivity contribution >= 4 is 5.91 Å². The number of fused-ring (bicyclic) bond motifs is 1. The van der Waals surface area contributed by atoms with Gasteiger partial charge in [0.25, 0.3) is 5.91 Å². The molecule has 0 radical (unpaired) electrons. The first-order valence-corrected chi connectivity index (χ1v) is 4.91. The van der Waals surface area contributed by atoms with Crippen molar-refractivity contribution in [1.29, 1.82) is 0 Å². The summed E-state index contributed by atoms with van der Waals surface area (Å²) in [6.45, 7) is 1.84. The van der Waals surface area contributed by atoms with Gasteiger partial charge in [-0.05, 0) is 6.42 Å². The lowest BCUT2D eigenvalue weighted by Gasteiger charge is -2.00. The lowest BCUT2D eigenvalue weighted by molar-refractivity contribution is 0.0945. The van der Waals surface area contributed by atoms with Gasteiger partial charge >= 0.3 is 0 Å². The number of amides is 1. The summed E-state index contributed by atoms with van der Waals surface area (Å²) in [5, 5.41) is 15.3. The minimum atomic E-state index is -0.228. The average molecular weight is 211 g/mol. The zero-order valence-electron chi connectivity index (χ0n) is 8.27. The number of nitrogens with zero attached hydrogens (tertiary/aromatic N) is 2. The van der Waals surface area contributed by atoms with E-state index in [9.17, 15) is 4.79 Å². The van der Waals surface area contributed by atoms with E-state index in [2.05, 4.69) is 10.4 Å². The van der Waals surface area contributed by atoms with Crippen LogP contribution >= 0.6 is 0 Å². The molecule has 0 saturated heterocycles. The molecule has 15 heavy (non-hydrogen) atoms. The topological polar surface area (TPSA) is 76.4 Å². The number of hydrogen-bond donors (Lipinski definition) is 2. The predicted molar refractivity (Wildman–Crippen MR) is 51.8 cm³/mol. The Hall–Kier alpha value is -1.56. The lowest BCUT2D eigenvalue weighted by Crippen LogP contribution is -2.25. The summed E-state index contributed by atoms with van der Waals surface area (Å²) in [6, 6.07) is 1.63. The molecule has 1 aromatic heterocycles. The maximum atomic E-state index is 11.5. The molecule has 0 saturated carbocycles. The highest BCUT2D eigenvalue weighted by Gasteiger charge is 2.18. The largest absolute Gasteiger partial charge is 0.476 e. The van der Waals surface area contributed by atoms with E-state index in [1.807, 2.05) is 0 Å². The molecule has 0 atom stereocenters. The van der Waals surface area contributed by atoms with Gasteiger partial charge in [0.1, 0.15) is 6.61 Å². The molecule has 0 aromatic carbocycles. The first-order valence-electron chi connectivity index (χ1n) is 4.91. The third-order valence-electron chi connectivity index (χ3n) is 2.15. The number of carbonyl (C=O) groups is 1. The van der Waals surface area contributed by atoms with Gasteiger partial charge in [0.05, 0.1) is 6.54 Å². The number of hydrogen-bond acceptors (Lipinski definition) is 4. The number of nitrogens with one attached hydrogen (secondary N) is 1. The molecule has 2 N–H and O–H groups in total. The second-order valence-corrected chi connectivity index (χ2v) is 3.27. The van der Waals surface area contributed by atoms with Gasteiger partial charge in [-0.2, -0.15) is 5.10 Å². The van der Waals surface area contributed by atoms with Crippen molar-refractivity contribution in [2.75, 3.05) is 19.8 Å². The van der Waals surface area contributed by atoms with Crippen LogP contribution in [0.4, 0.5) is 0 Å². The fourth-order valence-corrected chi connectivity index (χ4v) is 1.40. The standard InChI is InChI=1S/C9H13N3O3/c13-4-1-2-10-9(14)7-6-8-12(11-7)3-5-15-8/h6,13H,1-5H2,(H,10,14). The van der Waals surface area contributed by atoms with Crippen LogP contribution in [0.1, 0.15) is 16.9 Å². The van der Waals surface area contributed by atoms with Gasteiger partial charge in [-0.3, -0.25) is 4.79 Å². The molecule has 1 aromatic rings. The van der Waals surface area contributed by atoms with Crippen molar-refractivity contribution in [3.63, 3.8) is 0 Å². The van der Waals surface area contributed by atoms with E-state index < -0.39 is 0 Å². The molecule has 0 spiro atoms. The van der Waals surface area contributed by atoms with Gasteiger partial charge in [0.15, 0.2) is 5.69 Å². The fraction of sp³-hybridized carbons (Fsp3) is 0.556. The van der Waals surface area contributed by atoms with E-state index in [0.717, 1.165) is 0 Å². The first kappa shape index (κ1) is 9.97. The Kier molecular flexibility index (Phi) is 2.86. The van der Waals surface area contributed by atoms with Crippen LogP contribution in [0.25, 0.3) is 0 Å². The summed E-state index contributed by atoms with van der Waals surface area (Å²) in [5.74, 6) is 0.413. The molecule has 0 unspecified atom stereocenters. The van der Waals surface area contributed by atoms with Gasteiger partial charge in [-0.25, -0.2) is 4.68 Å². The Morgan fingerprint density at radius 1 is 1.73 bits per heavy atom. The summed E-state index contributed by atoms with van der Waals surface area (Å²) in [4.78, 5) is 11.5. The molecule has 2 heterocycles. The van der Waals surface area contributed by atoms with Crippen LogP contribution in [0.3, 0.4) is 0 Å². The van der Waals surface area contributed by atoms with Crippen molar-refractivity contribution in [2.45, 2.75) is 13.0 Å². The van der Waals surface area contributed by atoms with Gasteiger partial charge in [-0.15, -0.1) is 0 Å². The second-order valence-electron chi connectivity index (χ2n) is 3.27. The molecular formula is C9H13N3O3. The van der Waals surface area contributed by atoms with Gasteiger partial charge in [-0.1, -0.05) is 0 Å². The summed E-state index contributed by atoms with van der Waals surface area (Å²) < 4.78 is 6.90. The van der Waals surface area contributed by atoms with Crippen molar-refractivity contribution in [3.8, 4) is 5.88 Å². The van der Waals surface area contributed by atoms with E-state index >= 15 is 0 Å². The number of aliphatic hydroxyl groups excluding tert-OH is 1. The number of ether oxygens (including phenoxy) is 1. The second kappa shape index (κ2) is 4.31. The first-order chi connectivity index (χ1) is 7.31. The molecule has 0 fully saturated rings. The van der Waals surface area contributed by atoms with Gasteiger partial charge < -0.3 is 15.2 Å². The Bertz CT molecular complexity index is 340. The molecule has 0 bridgehead atoms. The summed E-state index contributed by atoms with van der Waals surface area (Å²) in [7, 11) is 0. The number of rotatable bonds is 4. The van der Waals surface area contributed by atoms with Crippen LogP contribution in [-0.2, 0) is 6.54 Å². The molecule has 1 aliphatic heterocycles. The number of carbonyl (C=O) groups excluding carboxylic acids is 1. The Balaban J connectivity index is 1.94. The van der Waals surface area contributed by atoms with Crippen LogP contribution in [-0.4, -0.2) is 40.6 Å². The summed E-state index contributed by atoms with van der Waals surface area (Å²) >= 11 is 0. The SMILES string of the molecule is O=C(NCCCO)c1cc2n(n1)CCO2. The van der Waals surface area contributed by atoms with Crippen molar-refractivity contribution in [1.82, 2.24) is 15.1 Å². The monoisotopic (exact) mass is 211 g/mol. The highest BCUT2D eigenvalue weighted by atomic mass is 16.5. The Labute approximate surface area is 86.8 Å². The van der Waals surface area contributed by atoms with Gasteiger partial charge in [0.2, 0.25) is 5.88 Å². The Morgan fingerprint density at radius 2 is 2.60 bits per heavy atom. The fourth-order valence-electron chi connectivity index (χ4n) is 1.40. The predicted octanol–water partition coefficient (Wildman–Crippen LogP) is -0.612. The third-order valence-corrected chi connectivity index (χ3v) is 2.15. The smallest absolute Gasteiger partial charge is 0.271 e. The zero-order valence-corrected chi connectivity index (χ0v) is 8.27. The van der Waals surface area contributed by atoms with Crippen LogP contribution < -0.4 is 10.1 Å². The van der Waals surface area contributed by atoms with Crippen LogP contribution in [0.5, 0.6) is 5.88 Å². The lowest BCUT2D eigenvalue weighted by atomic mass is 10.4. The van der Waals surface area contributed by atoms with Crippen LogP contribution in [0, 0.1) is 0 Å². The third kappa shape index (κ3) is 2.10. The Morgan fingerprint density at radius 3 is 3.33 bits per heavy atom. The van der Waals surface area contributed by atoms with E-state index in [-0.39, 0.29) is 12.5 Å². The van der Waals surface area contributed by atoms with Crippen molar-refractivity contribution in [2.24, 2.45) is 0 Å². The highest BCUT2D eigenvalue weighted by molar-refractivity contribution is 5.92. The molecule has 1 aliphatic rings. The van der Waals surface area contributed by atoms with Crippen LogP contribution in [0.2, 0.25) is 0 Å². The molecule has 82 valence electrons. The van der Waals surface area contributed by atoms with Gasteiger partial charge in [0, 0.05) is 19.2 Å². The highest BCUT2D eigenvalue weighted by Crippen LogP contribution is 2.17. The van der Waals surface area contributed by atoms with Crippen molar-refractivity contribution < 1.29 is 14.6 Å². The number of aliphatic hydroxyl groups is 1. The maximum Gasteiger partial charge on any atom is 0.271 e. The average Bonchev–Trinajstić information content (AvgIpc) is 2.76. The molecule has 6 nitrogen and oxygen atoms in total. The molecule has 2 rings (SSSR count). The summed E-state index contributed by atoms with van der Waals surface area (Å²) in [5.41, 5.74) is 0.364. The quantitative estimate of drug-likeness (QED) is 0.651. The van der Waals surface area contributed by atoms with E-state index in [4.69, 9.17) is 9.84 Å². The van der Waals surface area contributed by atoms with E-state index in [1.54, 1.807) is 10.7 Å². The molecule has 0 aliphatic carbocycles. The maximum absolute atomic E-state index is 11.5. The zero-order chi connectivity index (χ0) is 10.7. The number of aromatic nitrogens is 2. The normalized spacial score (nSPS) is 13.4. The summed E-state index contributed by atoms with van der Waals surface area (Å²) in [6.07, 6.45) is 0.551. The minimum absolute atomic E-state index is 0.0725. The molecule has 6 heteroatoms. The minimum Gasteiger partial charge on any atom is -0.476 e. The van der Waals surface area contributed by atoms with Crippen LogP contribution in [0.15, 0.2) is 6.07 Å². The molecular weight excluding hydrogens is 198 g/mol.